The quantitative estimate of drug-likeness (QED) is 0.820. The second-order valence-electron chi connectivity index (χ2n) is 5.63. The molecule has 0 spiro atoms. The van der Waals surface area contributed by atoms with Crippen LogP contribution >= 0.6 is 0 Å². The van der Waals surface area contributed by atoms with Crippen LogP contribution in [0.2, 0.25) is 0 Å². The Morgan fingerprint density at radius 2 is 1.96 bits per heavy atom. The molecular formula is C16H21NO5S. The summed E-state index contributed by atoms with van der Waals surface area (Å²) in [4.78, 5) is 14.2. The molecule has 6 nitrogen and oxygen atoms in total. The Labute approximate surface area is 136 Å². The van der Waals surface area contributed by atoms with E-state index in [2.05, 4.69) is 0 Å². The third-order valence-electron chi connectivity index (χ3n) is 3.62. The zero-order chi connectivity index (χ0) is 17.2. The molecule has 0 saturated heterocycles. The summed E-state index contributed by atoms with van der Waals surface area (Å²) in [7, 11) is -0.243. The second-order valence-corrected chi connectivity index (χ2v) is 7.56. The number of nitrogens with zero attached hydrogens (tertiary/aromatic N) is 1. The minimum absolute atomic E-state index is 0.124. The van der Waals surface area contributed by atoms with E-state index in [1.165, 1.54) is 19.1 Å². The van der Waals surface area contributed by atoms with Crippen molar-refractivity contribution in [2.24, 2.45) is 5.92 Å². The molecule has 126 valence electrons. The van der Waals surface area contributed by atoms with Crippen LogP contribution in [0.5, 0.6) is 11.5 Å². The zero-order valence-electron chi connectivity index (χ0n) is 13.6. The molecule has 1 heterocycles. The summed E-state index contributed by atoms with van der Waals surface area (Å²) in [5, 5.41) is 1.16. The highest BCUT2D eigenvalue weighted by atomic mass is 32.2. The summed E-state index contributed by atoms with van der Waals surface area (Å²) < 4.78 is 34.0. The molecule has 0 fully saturated rings. The van der Waals surface area contributed by atoms with E-state index < -0.39 is 15.9 Å². The van der Waals surface area contributed by atoms with Gasteiger partial charge >= 0.3 is 0 Å². The average molecular weight is 339 g/mol. The van der Waals surface area contributed by atoms with Crippen LogP contribution in [0.15, 0.2) is 29.7 Å². The summed E-state index contributed by atoms with van der Waals surface area (Å²) in [6.07, 6.45) is 1.54. The molecule has 23 heavy (non-hydrogen) atoms. The number of carbonyl (C=O) groups excluding carboxylic acids is 1. The number of carbonyl (C=O) groups is 1. The van der Waals surface area contributed by atoms with Crippen molar-refractivity contribution in [3.8, 4) is 11.5 Å². The van der Waals surface area contributed by atoms with E-state index in [1.54, 1.807) is 38.1 Å². The Kier molecular flexibility index (Phi) is 4.99. The van der Waals surface area contributed by atoms with E-state index in [0.717, 1.165) is 5.41 Å². The van der Waals surface area contributed by atoms with Crippen molar-refractivity contribution in [1.82, 2.24) is 0 Å². The molecule has 1 aromatic rings. The number of sulfone groups is 1. The maximum absolute atomic E-state index is 12.7. The fourth-order valence-electron chi connectivity index (χ4n) is 2.44. The molecule has 0 aliphatic carbocycles. The normalized spacial score (nSPS) is 18.9. The topological polar surface area (TPSA) is 72.9 Å². The lowest BCUT2D eigenvalue weighted by Gasteiger charge is -2.30. The smallest absolute Gasteiger partial charge is 0.230 e. The fraction of sp³-hybridized carbons (Fsp3) is 0.438. The van der Waals surface area contributed by atoms with E-state index in [1.807, 2.05) is 0 Å². The van der Waals surface area contributed by atoms with Gasteiger partial charge in [-0.15, -0.1) is 0 Å². The van der Waals surface area contributed by atoms with Crippen molar-refractivity contribution in [2.75, 3.05) is 24.9 Å². The van der Waals surface area contributed by atoms with Gasteiger partial charge in [0.25, 0.3) is 0 Å². The van der Waals surface area contributed by atoms with E-state index in [-0.39, 0.29) is 17.6 Å². The minimum Gasteiger partial charge on any atom is -0.497 e. The van der Waals surface area contributed by atoms with Crippen molar-refractivity contribution in [2.45, 2.75) is 19.9 Å². The number of benzene rings is 1. The first-order valence-electron chi connectivity index (χ1n) is 7.25. The van der Waals surface area contributed by atoms with E-state index in [0.29, 0.717) is 17.2 Å². The Balaban J connectivity index is 2.51. The minimum atomic E-state index is -3.28. The Morgan fingerprint density at radius 1 is 1.26 bits per heavy atom. The van der Waals surface area contributed by atoms with E-state index in [9.17, 15) is 13.2 Å². The molecule has 0 N–H and O–H groups in total. The van der Waals surface area contributed by atoms with Crippen molar-refractivity contribution < 1.29 is 22.7 Å². The Bertz CT molecular complexity index is 724. The monoisotopic (exact) mass is 339 g/mol. The maximum Gasteiger partial charge on any atom is 0.230 e. The predicted molar refractivity (Wildman–Crippen MR) is 88.6 cm³/mol. The van der Waals surface area contributed by atoms with Crippen molar-refractivity contribution in [1.29, 1.82) is 0 Å². The highest BCUT2D eigenvalue weighted by molar-refractivity contribution is 7.94. The molecule has 0 unspecified atom stereocenters. The number of rotatable bonds is 5. The zero-order valence-corrected chi connectivity index (χ0v) is 14.5. The Morgan fingerprint density at radius 3 is 2.43 bits per heavy atom. The van der Waals surface area contributed by atoms with Crippen LogP contribution in [0, 0.1) is 5.92 Å². The number of anilines is 1. The summed E-state index contributed by atoms with van der Waals surface area (Å²) >= 11 is 0. The van der Waals surface area contributed by atoms with Crippen molar-refractivity contribution in [3.05, 3.63) is 29.7 Å². The maximum atomic E-state index is 12.7. The van der Waals surface area contributed by atoms with Crippen LogP contribution in [0.25, 0.3) is 0 Å². The lowest BCUT2D eigenvalue weighted by atomic mass is 10.1. The number of hydrogen-bond donors (Lipinski definition) is 0. The molecule has 1 atom stereocenters. The van der Waals surface area contributed by atoms with Crippen LogP contribution in [0.3, 0.4) is 0 Å². The first-order chi connectivity index (χ1) is 10.8. The molecular weight excluding hydrogens is 318 g/mol. The van der Waals surface area contributed by atoms with Gasteiger partial charge in [-0.05, 0) is 18.2 Å². The first kappa shape index (κ1) is 17.3. The van der Waals surface area contributed by atoms with Gasteiger partial charge in [0.2, 0.25) is 5.91 Å². The lowest BCUT2D eigenvalue weighted by molar-refractivity contribution is -0.121. The van der Waals surface area contributed by atoms with Crippen molar-refractivity contribution in [3.63, 3.8) is 0 Å². The average Bonchev–Trinajstić information content (AvgIpc) is 2.87. The van der Waals surface area contributed by atoms with Gasteiger partial charge in [0.05, 0.1) is 31.7 Å². The number of methoxy groups -OCH3 is 2. The third kappa shape index (κ3) is 3.67. The standard InChI is InChI=1S/C16H21NO5S/c1-11(2)16(18)17(12-7-8-23(19,20)10-12)14-6-5-13(21-3)9-15(14)22-4/h5-9,11-12H,10H2,1-4H3/t12-/m1/s1. The lowest BCUT2D eigenvalue weighted by Crippen LogP contribution is -2.43. The SMILES string of the molecule is COc1ccc(N(C(=O)C(C)C)[C@@H]2C=CS(=O)(=O)C2)c(OC)c1. The number of hydrogen-bond acceptors (Lipinski definition) is 5. The largest absolute Gasteiger partial charge is 0.497 e. The molecule has 0 bridgehead atoms. The molecule has 7 heteroatoms. The van der Waals surface area contributed by atoms with Gasteiger partial charge < -0.3 is 14.4 Å². The predicted octanol–water partition coefficient (Wildman–Crippen LogP) is 2.00. The van der Waals surface area contributed by atoms with Crippen LogP contribution in [-0.2, 0) is 14.6 Å². The highest BCUT2D eigenvalue weighted by Gasteiger charge is 2.33. The summed E-state index contributed by atoms with van der Waals surface area (Å²) in [5.74, 6) is 0.479. The molecule has 1 amide bonds. The third-order valence-corrected chi connectivity index (χ3v) is 5.00. The number of ether oxygens (including phenoxy) is 2. The van der Waals surface area contributed by atoms with Crippen LogP contribution in [0.4, 0.5) is 5.69 Å². The molecule has 1 aliphatic heterocycles. The van der Waals surface area contributed by atoms with Crippen LogP contribution in [-0.4, -0.2) is 40.3 Å². The van der Waals surface area contributed by atoms with Crippen molar-refractivity contribution >= 4 is 21.4 Å². The molecule has 0 saturated carbocycles. The van der Waals surface area contributed by atoms with Gasteiger partial charge in [0, 0.05) is 17.4 Å². The molecule has 0 radical (unpaired) electrons. The molecule has 1 aliphatic rings. The van der Waals surface area contributed by atoms with Gasteiger partial charge in [0.15, 0.2) is 9.84 Å². The summed E-state index contributed by atoms with van der Waals surface area (Å²) in [6.45, 7) is 3.55. The highest BCUT2D eigenvalue weighted by Crippen LogP contribution is 2.35. The van der Waals surface area contributed by atoms with Gasteiger partial charge in [0.1, 0.15) is 11.5 Å². The van der Waals surface area contributed by atoms with Gasteiger partial charge in [-0.3, -0.25) is 4.79 Å². The molecule has 0 aromatic heterocycles. The van der Waals surface area contributed by atoms with Gasteiger partial charge in [-0.1, -0.05) is 13.8 Å². The molecule has 2 rings (SSSR count). The van der Waals surface area contributed by atoms with Gasteiger partial charge in [-0.25, -0.2) is 8.42 Å². The Hall–Kier alpha value is -2.02. The fourth-order valence-corrected chi connectivity index (χ4v) is 3.71. The second kappa shape index (κ2) is 6.62. The van der Waals surface area contributed by atoms with E-state index in [4.69, 9.17) is 9.47 Å². The van der Waals surface area contributed by atoms with Crippen LogP contribution in [0.1, 0.15) is 13.8 Å². The number of amides is 1. The summed E-state index contributed by atoms with van der Waals surface area (Å²) in [5.41, 5.74) is 0.527. The first-order valence-corrected chi connectivity index (χ1v) is 8.96. The van der Waals surface area contributed by atoms with Gasteiger partial charge in [-0.2, -0.15) is 0 Å². The van der Waals surface area contributed by atoms with Crippen LogP contribution < -0.4 is 14.4 Å². The van der Waals surface area contributed by atoms with E-state index >= 15 is 0 Å². The summed E-state index contributed by atoms with van der Waals surface area (Å²) in [6, 6.07) is 4.54. The molecule has 1 aromatic carbocycles.